The highest BCUT2D eigenvalue weighted by molar-refractivity contribution is 5.86. The number of amides is 2. The Balaban J connectivity index is 1.49. The molecule has 5 rings (SSSR count). The van der Waals surface area contributed by atoms with E-state index in [0.717, 1.165) is 33.8 Å². The molecule has 4 aromatic rings. The van der Waals surface area contributed by atoms with Gasteiger partial charge in [0.15, 0.2) is 0 Å². The van der Waals surface area contributed by atoms with Crippen molar-refractivity contribution in [3.63, 3.8) is 0 Å². The van der Waals surface area contributed by atoms with Crippen LogP contribution in [0.4, 0.5) is 4.79 Å². The fourth-order valence-corrected chi connectivity index (χ4v) is 5.65. The van der Waals surface area contributed by atoms with Gasteiger partial charge >= 0.3 is 6.09 Å². The van der Waals surface area contributed by atoms with Crippen LogP contribution in [0.3, 0.4) is 0 Å². The predicted octanol–water partition coefficient (Wildman–Crippen LogP) is 7.32. The van der Waals surface area contributed by atoms with E-state index in [1.165, 1.54) is 5.56 Å². The average Bonchev–Trinajstić information content (AvgIpc) is 3.36. The number of aromatic amines is 1. The summed E-state index contributed by atoms with van der Waals surface area (Å²) in [6, 6.07) is 24.6. The van der Waals surface area contributed by atoms with Gasteiger partial charge in [-0.3, -0.25) is 4.79 Å². The Labute approximate surface area is 266 Å². The van der Waals surface area contributed by atoms with Gasteiger partial charge < -0.3 is 24.7 Å². The second kappa shape index (κ2) is 12.8. The molecule has 2 N–H and O–H groups in total. The Morgan fingerprint density at radius 2 is 1.56 bits per heavy atom. The molecule has 8 nitrogen and oxygen atoms in total. The first-order chi connectivity index (χ1) is 21.3. The molecule has 2 amide bonds. The van der Waals surface area contributed by atoms with Crippen LogP contribution in [0.2, 0.25) is 0 Å². The van der Waals surface area contributed by atoms with Gasteiger partial charge in [-0.2, -0.15) is 0 Å². The number of hydrogen-bond donors (Lipinski definition) is 2. The van der Waals surface area contributed by atoms with Gasteiger partial charge in [0.1, 0.15) is 28.8 Å². The molecule has 2 atom stereocenters. The molecule has 0 aliphatic carbocycles. The molecule has 0 bridgehead atoms. The van der Waals surface area contributed by atoms with Crippen molar-refractivity contribution >= 4 is 12.0 Å². The largest absolute Gasteiger partial charge is 0.488 e. The number of aryl methyl sites for hydroxylation is 1. The topological polar surface area (TPSA) is 96.6 Å². The van der Waals surface area contributed by atoms with E-state index in [1.54, 1.807) is 20.8 Å². The van der Waals surface area contributed by atoms with Crippen LogP contribution >= 0.6 is 0 Å². The maximum atomic E-state index is 14.6. The van der Waals surface area contributed by atoms with E-state index >= 15 is 0 Å². The summed E-state index contributed by atoms with van der Waals surface area (Å²) in [6.45, 7) is 13.8. The Kier molecular flexibility index (Phi) is 9.05. The number of carbonyl (C=O) groups excluding carboxylic acids is 2. The first-order valence-corrected chi connectivity index (χ1v) is 15.5. The maximum Gasteiger partial charge on any atom is 0.408 e. The van der Waals surface area contributed by atoms with Gasteiger partial charge in [0, 0.05) is 30.6 Å². The Morgan fingerprint density at radius 3 is 2.20 bits per heavy atom. The van der Waals surface area contributed by atoms with E-state index in [4.69, 9.17) is 14.5 Å². The number of alkyl carbamates (subject to hydrolysis) is 1. The van der Waals surface area contributed by atoms with E-state index in [2.05, 4.69) is 22.4 Å². The number of H-pyrrole nitrogens is 1. The summed E-state index contributed by atoms with van der Waals surface area (Å²) in [5.41, 5.74) is 4.90. The average molecular weight is 609 g/mol. The number of carbonyl (C=O) groups is 2. The van der Waals surface area contributed by atoms with Crippen molar-refractivity contribution in [2.24, 2.45) is 0 Å². The van der Waals surface area contributed by atoms with Gasteiger partial charge in [0.25, 0.3) is 0 Å². The number of rotatable bonds is 7. The first-order valence-electron chi connectivity index (χ1n) is 15.5. The van der Waals surface area contributed by atoms with Crippen LogP contribution in [0.1, 0.15) is 75.8 Å². The van der Waals surface area contributed by atoms with Crippen molar-refractivity contribution in [1.29, 1.82) is 0 Å². The van der Waals surface area contributed by atoms with Gasteiger partial charge in [-0.05, 0) is 77.3 Å². The molecule has 2 unspecified atom stereocenters. The number of fused-ring (bicyclic) bond motifs is 1. The maximum absolute atomic E-state index is 14.6. The van der Waals surface area contributed by atoms with Crippen molar-refractivity contribution in [3.05, 3.63) is 107 Å². The summed E-state index contributed by atoms with van der Waals surface area (Å²) in [5.74, 6) is 1.25. The number of ether oxygens (including phenoxy) is 2. The van der Waals surface area contributed by atoms with Crippen LogP contribution in [0.25, 0.3) is 11.3 Å². The monoisotopic (exact) mass is 608 g/mol. The third-order valence-electron chi connectivity index (χ3n) is 7.57. The molecular weight excluding hydrogens is 564 g/mol. The summed E-state index contributed by atoms with van der Waals surface area (Å²) in [4.78, 5) is 38.0. The molecular formula is C37H44N4O4. The molecule has 45 heavy (non-hydrogen) atoms. The number of imidazole rings is 1. The number of aromatic nitrogens is 2. The first kappa shape index (κ1) is 31.8. The molecule has 1 aliphatic rings. The van der Waals surface area contributed by atoms with Crippen LogP contribution in [0.15, 0.2) is 78.9 Å². The highest BCUT2D eigenvalue weighted by atomic mass is 16.6. The number of benzene rings is 3. The smallest absolute Gasteiger partial charge is 0.408 e. The second-order valence-corrected chi connectivity index (χ2v) is 13.7. The highest BCUT2D eigenvalue weighted by Gasteiger charge is 2.37. The summed E-state index contributed by atoms with van der Waals surface area (Å²) in [6.07, 6.45) is 0.245. The van der Waals surface area contributed by atoms with E-state index in [9.17, 15) is 9.59 Å². The van der Waals surface area contributed by atoms with E-state index in [0.29, 0.717) is 18.8 Å². The molecule has 2 heterocycles. The van der Waals surface area contributed by atoms with Gasteiger partial charge in [0.2, 0.25) is 5.91 Å². The quantitative estimate of drug-likeness (QED) is 0.229. The third-order valence-corrected chi connectivity index (χ3v) is 7.57. The highest BCUT2D eigenvalue weighted by Crippen LogP contribution is 2.35. The molecule has 0 spiro atoms. The van der Waals surface area contributed by atoms with Gasteiger partial charge in [-0.1, -0.05) is 66.7 Å². The Morgan fingerprint density at radius 1 is 0.911 bits per heavy atom. The summed E-state index contributed by atoms with van der Waals surface area (Å²) < 4.78 is 11.6. The zero-order valence-electron chi connectivity index (χ0n) is 27.3. The minimum atomic E-state index is -0.869. The number of hydrogen-bond acceptors (Lipinski definition) is 5. The second-order valence-electron chi connectivity index (χ2n) is 13.7. The van der Waals surface area contributed by atoms with Crippen molar-refractivity contribution in [2.75, 3.05) is 0 Å². The summed E-state index contributed by atoms with van der Waals surface area (Å²) in [7, 11) is 0. The lowest BCUT2D eigenvalue weighted by molar-refractivity contribution is -0.137. The third kappa shape index (κ3) is 8.12. The zero-order valence-corrected chi connectivity index (χ0v) is 27.3. The molecule has 3 aromatic carbocycles. The van der Waals surface area contributed by atoms with Crippen molar-refractivity contribution in [1.82, 2.24) is 20.2 Å². The molecule has 0 saturated carbocycles. The Hall–Kier alpha value is -4.59. The van der Waals surface area contributed by atoms with Crippen LogP contribution in [-0.2, 0) is 28.9 Å². The van der Waals surface area contributed by atoms with Crippen LogP contribution in [-0.4, -0.2) is 44.1 Å². The minimum absolute atomic E-state index is 0.203. The van der Waals surface area contributed by atoms with Crippen LogP contribution < -0.4 is 10.1 Å². The zero-order chi connectivity index (χ0) is 32.4. The summed E-state index contributed by atoms with van der Waals surface area (Å²) in [5, 5.41) is 2.90. The van der Waals surface area contributed by atoms with Crippen LogP contribution in [0.5, 0.6) is 5.75 Å². The molecule has 8 heteroatoms. The van der Waals surface area contributed by atoms with Gasteiger partial charge in [-0.25, -0.2) is 9.78 Å². The van der Waals surface area contributed by atoms with Crippen molar-refractivity contribution in [2.45, 2.75) is 91.1 Å². The lowest BCUT2D eigenvalue weighted by atomic mass is 9.92. The molecule has 1 aliphatic heterocycles. The van der Waals surface area contributed by atoms with E-state index < -0.39 is 17.7 Å². The normalized spacial score (nSPS) is 15.6. The van der Waals surface area contributed by atoms with Gasteiger partial charge in [-0.15, -0.1) is 0 Å². The standard InChI is InChI=1S/C37H44N4O4/c1-24-32(26-13-9-8-10-14-26)40-33(38-24)31-22-27-15-11-12-16-28(27)23-41(31)34(42)30(39-35(43)45-37(5,6)7)21-25-17-19-29(20-18-25)44-36(2,3)4/h8-20,30-31H,21-23H2,1-7H3,(H,38,40)(H,39,43). The lowest BCUT2D eigenvalue weighted by Gasteiger charge is -2.38. The lowest BCUT2D eigenvalue weighted by Crippen LogP contribution is -2.52. The fourth-order valence-electron chi connectivity index (χ4n) is 5.65. The number of nitrogens with zero attached hydrogens (tertiary/aromatic N) is 2. The fraction of sp³-hybridized carbons (Fsp3) is 0.378. The van der Waals surface area contributed by atoms with E-state index in [-0.39, 0.29) is 24.0 Å². The predicted molar refractivity (Wildman–Crippen MR) is 176 cm³/mol. The van der Waals surface area contributed by atoms with Crippen molar-refractivity contribution in [3.8, 4) is 17.0 Å². The molecule has 0 radical (unpaired) electrons. The van der Waals surface area contributed by atoms with E-state index in [1.807, 2.05) is 99.3 Å². The molecule has 0 fully saturated rings. The van der Waals surface area contributed by atoms with Crippen LogP contribution in [0, 0.1) is 6.92 Å². The molecule has 1 aromatic heterocycles. The number of nitrogens with one attached hydrogen (secondary N) is 2. The minimum Gasteiger partial charge on any atom is -0.488 e. The Bertz CT molecular complexity index is 1630. The molecule has 0 saturated heterocycles. The summed E-state index contributed by atoms with van der Waals surface area (Å²) >= 11 is 0. The molecule has 236 valence electrons. The SMILES string of the molecule is Cc1[nH]c(C2Cc3ccccc3CN2C(=O)C(Cc2ccc(OC(C)(C)C)cc2)NC(=O)OC(C)(C)C)nc1-c1ccccc1. The van der Waals surface area contributed by atoms with Crippen molar-refractivity contribution < 1.29 is 19.1 Å². The van der Waals surface area contributed by atoms with Gasteiger partial charge in [0.05, 0.1) is 11.7 Å².